The average Bonchev–Trinajstić information content (AvgIpc) is 3.23. The fourth-order valence-electron chi connectivity index (χ4n) is 2.80. The summed E-state index contributed by atoms with van der Waals surface area (Å²) >= 11 is 0. The molecule has 5 heteroatoms. The van der Waals surface area contributed by atoms with Gasteiger partial charge in [0.15, 0.2) is 0 Å². The van der Waals surface area contributed by atoms with Crippen molar-refractivity contribution in [1.82, 2.24) is 14.7 Å². The van der Waals surface area contributed by atoms with Crippen LogP contribution in [0.1, 0.15) is 18.9 Å². The Morgan fingerprint density at radius 2 is 2.17 bits per heavy atom. The fourth-order valence-corrected chi connectivity index (χ4v) is 2.80. The number of carbonyl (C=O) groups is 1. The highest BCUT2D eigenvalue weighted by Gasteiger charge is 2.27. The molecule has 1 fully saturated rings. The van der Waals surface area contributed by atoms with Crippen molar-refractivity contribution < 1.29 is 9.90 Å². The van der Waals surface area contributed by atoms with Crippen molar-refractivity contribution in [1.29, 1.82) is 0 Å². The predicted molar refractivity (Wildman–Crippen MR) is 89.0 cm³/mol. The molecule has 23 heavy (non-hydrogen) atoms. The van der Waals surface area contributed by atoms with Crippen LogP contribution in [-0.2, 0) is 4.79 Å². The Hall–Kier alpha value is -2.40. The normalized spacial score (nSPS) is 19.4. The van der Waals surface area contributed by atoms with Crippen LogP contribution >= 0.6 is 0 Å². The van der Waals surface area contributed by atoms with E-state index in [1.54, 1.807) is 34.9 Å². The molecule has 0 radical (unpaired) electrons. The summed E-state index contributed by atoms with van der Waals surface area (Å²) in [6, 6.07) is 9.84. The van der Waals surface area contributed by atoms with Gasteiger partial charge in [-0.05, 0) is 31.6 Å². The van der Waals surface area contributed by atoms with E-state index in [1.807, 2.05) is 36.5 Å². The minimum absolute atomic E-state index is 0.0133. The number of nitrogens with zero attached hydrogens (tertiary/aromatic N) is 3. The number of hydrogen-bond acceptors (Lipinski definition) is 3. The van der Waals surface area contributed by atoms with Gasteiger partial charge in [0.25, 0.3) is 0 Å². The van der Waals surface area contributed by atoms with Crippen molar-refractivity contribution in [3.05, 3.63) is 54.4 Å². The number of aromatic nitrogens is 2. The molecular weight excluding hydrogens is 290 g/mol. The van der Waals surface area contributed by atoms with E-state index in [9.17, 15) is 9.90 Å². The van der Waals surface area contributed by atoms with Crippen molar-refractivity contribution in [2.24, 2.45) is 5.92 Å². The maximum atomic E-state index is 12.2. The third kappa shape index (κ3) is 3.68. The molecule has 1 aliphatic heterocycles. The van der Waals surface area contributed by atoms with Crippen LogP contribution in [0.2, 0.25) is 0 Å². The molecule has 1 aromatic carbocycles. The number of aliphatic hydroxyl groups excluding tert-OH is 1. The number of hydrogen-bond donors (Lipinski definition) is 1. The van der Waals surface area contributed by atoms with E-state index in [-0.39, 0.29) is 17.9 Å². The summed E-state index contributed by atoms with van der Waals surface area (Å²) in [6.07, 6.45) is 7.49. The first-order valence-electron chi connectivity index (χ1n) is 7.88. The van der Waals surface area contributed by atoms with Crippen LogP contribution in [-0.4, -0.2) is 44.9 Å². The van der Waals surface area contributed by atoms with Crippen LogP contribution in [0.15, 0.2) is 48.8 Å². The van der Waals surface area contributed by atoms with Gasteiger partial charge in [0.1, 0.15) is 0 Å². The van der Waals surface area contributed by atoms with Gasteiger partial charge >= 0.3 is 0 Å². The lowest BCUT2D eigenvalue weighted by atomic mass is 10.0. The summed E-state index contributed by atoms with van der Waals surface area (Å²) in [7, 11) is 0. The Kier molecular flexibility index (Phi) is 4.57. The maximum Gasteiger partial charge on any atom is 0.246 e. The highest BCUT2D eigenvalue weighted by molar-refractivity contribution is 5.91. The lowest BCUT2D eigenvalue weighted by Crippen LogP contribution is -2.28. The van der Waals surface area contributed by atoms with Crippen molar-refractivity contribution in [3.63, 3.8) is 0 Å². The summed E-state index contributed by atoms with van der Waals surface area (Å²) in [4.78, 5) is 14.0. The molecule has 1 aliphatic rings. The quantitative estimate of drug-likeness (QED) is 0.880. The minimum Gasteiger partial charge on any atom is -0.393 e. The van der Waals surface area contributed by atoms with Crippen LogP contribution in [0.5, 0.6) is 0 Å². The molecule has 1 N–H and O–H groups in total. The first-order valence-corrected chi connectivity index (χ1v) is 7.88. The second-order valence-corrected chi connectivity index (χ2v) is 5.96. The standard InChI is InChI=1S/C18H21N3O2/c1-14(22)16-9-10-20(13-16)18(23)8-7-15-11-19-21(12-15)17-5-3-2-4-6-17/h2-8,11-12,14,16,22H,9-10,13H2,1H3/b8-7+. The topological polar surface area (TPSA) is 58.4 Å². The third-order valence-corrected chi connectivity index (χ3v) is 4.26. The van der Waals surface area contributed by atoms with Gasteiger partial charge in [-0.1, -0.05) is 18.2 Å². The molecule has 2 heterocycles. The van der Waals surface area contributed by atoms with E-state index >= 15 is 0 Å². The van der Waals surface area contributed by atoms with Crippen LogP contribution in [0, 0.1) is 5.92 Å². The number of amides is 1. The van der Waals surface area contributed by atoms with E-state index in [0.717, 1.165) is 17.7 Å². The van der Waals surface area contributed by atoms with Gasteiger partial charge in [-0.15, -0.1) is 0 Å². The molecule has 1 aromatic heterocycles. The zero-order valence-corrected chi connectivity index (χ0v) is 13.2. The Labute approximate surface area is 135 Å². The Morgan fingerprint density at radius 3 is 2.87 bits per heavy atom. The largest absolute Gasteiger partial charge is 0.393 e. The van der Waals surface area contributed by atoms with E-state index in [1.165, 1.54) is 0 Å². The van der Waals surface area contributed by atoms with Gasteiger partial charge in [0, 0.05) is 36.8 Å². The molecular formula is C18H21N3O2. The molecule has 120 valence electrons. The Bertz CT molecular complexity index is 691. The first-order chi connectivity index (χ1) is 11.1. The number of rotatable bonds is 4. The maximum absolute atomic E-state index is 12.2. The molecule has 0 bridgehead atoms. The summed E-state index contributed by atoms with van der Waals surface area (Å²) in [6.45, 7) is 3.12. The summed E-state index contributed by atoms with van der Waals surface area (Å²) < 4.78 is 1.78. The van der Waals surface area contributed by atoms with Gasteiger partial charge in [0.05, 0.1) is 18.0 Å². The predicted octanol–water partition coefficient (Wildman–Crippen LogP) is 2.11. The molecule has 0 aliphatic carbocycles. The van der Waals surface area contributed by atoms with Crippen molar-refractivity contribution >= 4 is 12.0 Å². The third-order valence-electron chi connectivity index (χ3n) is 4.26. The van der Waals surface area contributed by atoms with Gasteiger partial charge < -0.3 is 10.0 Å². The molecule has 2 aromatic rings. The highest BCUT2D eigenvalue weighted by atomic mass is 16.3. The van der Waals surface area contributed by atoms with Gasteiger partial charge in [0.2, 0.25) is 5.91 Å². The summed E-state index contributed by atoms with van der Waals surface area (Å²) in [5, 5.41) is 13.9. The van der Waals surface area contributed by atoms with Crippen LogP contribution in [0.3, 0.4) is 0 Å². The molecule has 1 amide bonds. The SMILES string of the molecule is CC(O)C1CCN(C(=O)/C=C/c2cnn(-c3ccccc3)c2)C1. The van der Waals surface area contributed by atoms with Crippen LogP contribution in [0.4, 0.5) is 0 Å². The van der Waals surface area contributed by atoms with Crippen molar-refractivity contribution in [2.45, 2.75) is 19.4 Å². The number of benzene rings is 1. The minimum atomic E-state index is -0.360. The Balaban J connectivity index is 1.62. The number of likely N-dealkylation sites (tertiary alicyclic amines) is 1. The number of carbonyl (C=O) groups excluding carboxylic acids is 1. The molecule has 3 rings (SSSR count). The average molecular weight is 311 g/mol. The number of aliphatic hydroxyl groups is 1. The van der Waals surface area contributed by atoms with Crippen LogP contribution < -0.4 is 0 Å². The highest BCUT2D eigenvalue weighted by Crippen LogP contribution is 2.20. The molecule has 2 unspecified atom stereocenters. The zero-order valence-electron chi connectivity index (χ0n) is 13.2. The monoisotopic (exact) mass is 311 g/mol. The van der Waals surface area contributed by atoms with Gasteiger partial charge in [-0.3, -0.25) is 4.79 Å². The summed E-state index contributed by atoms with van der Waals surface area (Å²) in [5.74, 6) is 0.175. The van der Waals surface area contributed by atoms with Crippen molar-refractivity contribution in [2.75, 3.05) is 13.1 Å². The lowest BCUT2D eigenvalue weighted by molar-refractivity contribution is -0.125. The van der Waals surface area contributed by atoms with E-state index in [0.29, 0.717) is 13.1 Å². The van der Waals surface area contributed by atoms with E-state index < -0.39 is 0 Å². The van der Waals surface area contributed by atoms with E-state index in [4.69, 9.17) is 0 Å². The molecule has 0 spiro atoms. The number of para-hydroxylation sites is 1. The lowest BCUT2D eigenvalue weighted by Gasteiger charge is -2.15. The zero-order chi connectivity index (χ0) is 16.2. The first kappa shape index (κ1) is 15.5. The van der Waals surface area contributed by atoms with E-state index in [2.05, 4.69) is 5.10 Å². The molecule has 2 atom stereocenters. The van der Waals surface area contributed by atoms with Crippen LogP contribution in [0.25, 0.3) is 11.8 Å². The fraction of sp³-hybridized carbons (Fsp3) is 0.333. The molecule has 1 saturated heterocycles. The Morgan fingerprint density at radius 1 is 1.39 bits per heavy atom. The molecule has 5 nitrogen and oxygen atoms in total. The second-order valence-electron chi connectivity index (χ2n) is 5.96. The van der Waals surface area contributed by atoms with Crippen molar-refractivity contribution in [3.8, 4) is 5.69 Å². The van der Waals surface area contributed by atoms with Gasteiger partial charge in [-0.2, -0.15) is 5.10 Å². The van der Waals surface area contributed by atoms with Gasteiger partial charge in [-0.25, -0.2) is 4.68 Å². The molecule has 0 saturated carbocycles. The summed E-state index contributed by atoms with van der Waals surface area (Å²) in [5.41, 5.74) is 1.87. The second kappa shape index (κ2) is 6.79. The smallest absolute Gasteiger partial charge is 0.246 e.